The van der Waals surface area contributed by atoms with Crippen molar-refractivity contribution in [2.45, 2.75) is 84.6 Å². The molecule has 136 valence electrons. The lowest BCUT2D eigenvalue weighted by molar-refractivity contribution is 0.0995. The first-order chi connectivity index (χ1) is 11.5. The molecule has 0 aliphatic rings. The summed E-state index contributed by atoms with van der Waals surface area (Å²) in [5, 5.41) is 10.1. The molecule has 24 heavy (non-hydrogen) atoms. The molecule has 0 aliphatic carbocycles. The van der Waals surface area contributed by atoms with Crippen LogP contribution in [0, 0.1) is 6.92 Å². The molecule has 0 unspecified atom stereocenters. The minimum Gasteiger partial charge on any atom is -0.494 e. The topological polar surface area (TPSA) is 85.3 Å². The van der Waals surface area contributed by atoms with Crippen molar-refractivity contribution in [1.29, 1.82) is 0 Å². The molecule has 1 aromatic rings. The molecule has 3 N–H and O–H groups in total. The molecule has 1 heterocycles. The van der Waals surface area contributed by atoms with Crippen molar-refractivity contribution in [2.24, 2.45) is 5.73 Å². The van der Waals surface area contributed by atoms with Crippen LogP contribution in [0.4, 0.5) is 0 Å². The first-order valence-electron chi connectivity index (χ1n) is 9.22. The molecular weight excluding hydrogens is 304 g/mol. The zero-order valence-electron chi connectivity index (χ0n) is 15.1. The number of unbranched alkanes of at least 4 members (excludes halogenated alkanes) is 9. The minimum absolute atomic E-state index is 0.0432. The second kappa shape index (κ2) is 10.9. The number of amides is 1. The van der Waals surface area contributed by atoms with E-state index in [0.29, 0.717) is 12.1 Å². The van der Waals surface area contributed by atoms with E-state index in [1.54, 1.807) is 6.92 Å². The lowest BCUT2D eigenvalue weighted by atomic mass is 10.1. The van der Waals surface area contributed by atoms with Crippen molar-refractivity contribution in [3.63, 3.8) is 0 Å². The van der Waals surface area contributed by atoms with Gasteiger partial charge in [-0.15, -0.1) is 0 Å². The molecule has 0 saturated carbocycles. The van der Waals surface area contributed by atoms with Crippen molar-refractivity contribution < 1.29 is 9.90 Å². The predicted molar refractivity (Wildman–Crippen MR) is 97.5 cm³/mol. The highest BCUT2D eigenvalue weighted by Gasteiger charge is 2.16. The maximum absolute atomic E-state index is 12.0. The van der Waals surface area contributed by atoms with Crippen molar-refractivity contribution >= 4 is 5.91 Å². The fraction of sp³-hybridized carbons (Fsp3) is 0.684. The molecule has 1 aromatic heterocycles. The summed E-state index contributed by atoms with van der Waals surface area (Å²) in [6.45, 7) is 4.25. The number of carbonyl (C=O) groups excluding carboxylic acids is 1. The molecule has 0 radical (unpaired) electrons. The number of carbonyl (C=O) groups is 1. The number of hydrogen-bond donors (Lipinski definition) is 2. The predicted octanol–water partition coefficient (Wildman–Crippen LogP) is 3.88. The van der Waals surface area contributed by atoms with E-state index in [1.165, 1.54) is 55.6 Å². The summed E-state index contributed by atoms with van der Waals surface area (Å²) in [7, 11) is 0. The Hall–Kier alpha value is -1.78. The van der Waals surface area contributed by atoms with Crippen LogP contribution in [0.1, 0.15) is 87.1 Å². The highest BCUT2D eigenvalue weighted by atomic mass is 16.3. The number of rotatable bonds is 12. The van der Waals surface area contributed by atoms with Gasteiger partial charge in [0.1, 0.15) is 5.56 Å². The summed E-state index contributed by atoms with van der Waals surface area (Å²) >= 11 is 0. The molecule has 0 saturated heterocycles. The van der Waals surface area contributed by atoms with Crippen LogP contribution in [0.25, 0.3) is 0 Å². The Balaban J connectivity index is 2.35. The summed E-state index contributed by atoms with van der Waals surface area (Å²) in [6, 6.07) is 1.36. The zero-order chi connectivity index (χ0) is 17.9. The van der Waals surface area contributed by atoms with Gasteiger partial charge in [0.2, 0.25) is 5.88 Å². The van der Waals surface area contributed by atoms with E-state index in [4.69, 9.17) is 5.73 Å². The van der Waals surface area contributed by atoms with Crippen LogP contribution in [0.2, 0.25) is 0 Å². The van der Waals surface area contributed by atoms with Gasteiger partial charge in [-0.1, -0.05) is 64.7 Å². The van der Waals surface area contributed by atoms with Gasteiger partial charge in [0.05, 0.1) is 0 Å². The second-order valence-electron chi connectivity index (χ2n) is 6.56. The van der Waals surface area contributed by atoms with Crippen LogP contribution >= 0.6 is 0 Å². The normalized spacial score (nSPS) is 10.9. The van der Waals surface area contributed by atoms with Crippen molar-refractivity contribution in [1.82, 2.24) is 4.57 Å². The molecule has 0 atom stereocenters. The van der Waals surface area contributed by atoms with Crippen LogP contribution in [0.15, 0.2) is 10.9 Å². The molecule has 5 nitrogen and oxygen atoms in total. The molecule has 0 aromatic carbocycles. The van der Waals surface area contributed by atoms with E-state index >= 15 is 0 Å². The molecule has 1 amide bonds. The smallest absolute Gasteiger partial charge is 0.254 e. The Kier molecular flexibility index (Phi) is 9.20. The average molecular weight is 336 g/mol. The van der Waals surface area contributed by atoms with Gasteiger partial charge in [-0.2, -0.15) is 0 Å². The van der Waals surface area contributed by atoms with Crippen molar-refractivity contribution in [2.75, 3.05) is 0 Å². The van der Waals surface area contributed by atoms with Gasteiger partial charge in [-0.3, -0.25) is 14.2 Å². The van der Waals surface area contributed by atoms with Gasteiger partial charge in [-0.25, -0.2) is 0 Å². The summed E-state index contributed by atoms with van der Waals surface area (Å²) < 4.78 is 1.25. The SMILES string of the molecule is CCCCCCCCCCCCn1c(O)c(C(N)=O)c(C)cc1=O. The molecule has 0 fully saturated rings. The number of aryl methyl sites for hydroxylation is 1. The van der Waals surface area contributed by atoms with Crippen LogP contribution < -0.4 is 11.3 Å². The van der Waals surface area contributed by atoms with Crippen LogP contribution in [0.3, 0.4) is 0 Å². The lowest BCUT2D eigenvalue weighted by Gasteiger charge is -2.12. The van der Waals surface area contributed by atoms with Crippen molar-refractivity contribution in [3.05, 3.63) is 27.5 Å². The van der Waals surface area contributed by atoms with Crippen molar-refractivity contribution in [3.8, 4) is 5.88 Å². The highest BCUT2D eigenvalue weighted by Crippen LogP contribution is 2.19. The summed E-state index contributed by atoms with van der Waals surface area (Å²) in [5.74, 6) is -1.01. The number of primary amides is 1. The largest absolute Gasteiger partial charge is 0.494 e. The third-order valence-electron chi connectivity index (χ3n) is 4.46. The number of aromatic hydroxyl groups is 1. The van der Waals surface area contributed by atoms with Gasteiger partial charge in [0.15, 0.2) is 0 Å². The van der Waals surface area contributed by atoms with E-state index in [2.05, 4.69) is 6.92 Å². The second-order valence-corrected chi connectivity index (χ2v) is 6.56. The standard InChI is InChI=1S/C19H32N2O3/c1-3-4-5-6-7-8-9-10-11-12-13-21-16(22)14-15(2)17(18(20)23)19(21)24/h14,24H,3-13H2,1-2H3,(H2,20,23). The quantitative estimate of drug-likeness (QED) is 0.568. The van der Waals surface area contributed by atoms with E-state index in [-0.39, 0.29) is 17.0 Å². The van der Waals surface area contributed by atoms with E-state index in [9.17, 15) is 14.7 Å². The van der Waals surface area contributed by atoms with Crippen LogP contribution in [-0.2, 0) is 6.54 Å². The maximum atomic E-state index is 12.0. The molecule has 0 spiro atoms. The highest BCUT2D eigenvalue weighted by molar-refractivity contribution is 5.96. The van der Waals surface area contributed by atoms with E-state index in [0.717, 1.165) is 19.3 Å². The maximum Gasteiger partial charge on any atom is 0.254 e. The molecular formula is C19H32N2O3. The van der Waals surface area contributed by atoms with Crippen LogP contribution in [0.5, 0.6) is 5.88 Å². The van der Waals surface area contributed by atoms with Gasteiger partial charge in [0, 0.05) is 12.6 Å². The number of aromatic nitrogens is 1. The average Bonchev–Trinajstić information content (AvgIpc) is 2.51. The fourth-order valence-corrected chi connectivity index (χ4v) is 3.03. The first-order valence-corrected chi connectivity index (χ1v) is 9.22. The van der Waals surface area contributed by atoms with E-state index in [1.807, 2.05) is 0 Å². The Labute approximate surface area is 144 Å². The fourth-order valence-electron chi connectivity index (χ4n) is 3.03. The summed E-state index contributed by atoms with van der Waals surface area (Å²) in [4.78, 5) is 23.4. The molecule has 0 bridgehead atoms. The Morgan fingerprint density at radius 1 is 1.04 bits per heavy atom. The zero-order valence-corrected chi connectivity index (χ0v) is 15.1. The van der Waals surface area contributed by atoms with Gasteiger partial charge >= 0.3 is 0 Å². The van der Waals surface area contributed by atoms with Crippen LogP contribution in [-0.4, -0.2) is 15.6 Å². The number of hydrogen-bond acceptors (Lipinski definition) is 3. The molecule has 5 heteroatoms. The number of pyridine rings is 1. The van der Waals surface area contributed by atoms with Gasteiger partial charge in [0.25, 0.3) is 11.5 Å². The lowest BCUT2D eigenvalue weighted by Crippen LogP contribution is -2.24. The molecule has 0 aliphatic heterocycles. The third-order valence-corrected chi connectivity index (χ3v) is 4.46. The number of nitrogens with two attached hydrogens (primary N) is 1. The minimum atomic E-state index is -0.707. The third kappa shape index (κ3) is 6.38. The Morgan fingerprint density at radius 2 is 1.54 bits per heavy atom. The monoisotopic (exact) mass is 336 g/mol. The summed E-state index contributed by atoms with van der Waals surface area (Å²) in [5.41, 5.74) is 5.45. The molecule has 1 rings (SSSR count). The Morgan fingerprint density at radius 3 is 2.04 bits per heavy atom. The summed E-state index contributed by atoms with van der Waals surface area (Å²) in [6.07, 6.45) is 12.0. The first kappa shape index (κ1) is 20.3. The Bertz CT molecular complexity index is 579. The van der Waals surface area contributed by atoms with Gasteiger partial charge < -0.3 is 10.8 Å². The van der Waals surface area contributed by atoms with E-state index < -0.39 is 5.91 Å². The number of nitrogens with zero attached hydrogens (tertiary/aromatic N) is 1. The van der Waals surface area contributed by atoms with Gasteiger partial charge in [-0.05, 0) is 18.9 Å².